The van der Waals surface area contributed by atoms with Crippen molar-refractivity contribution in [3.05, 3.63) is 60.4 Å². The van der Waals surface area contributed by atoms with E-state index in [1.807, 2.05) is 15.5 Å². The summed E-state index contributed by atoms with van der Waals surface area (Å²) in [5.41, 5.74) is 4.98. The zero-order valence-corrected chi connectivity index (χ0v) is 31.1. The van der Waals surface area contributed by atoms with Crippen LogP contribution in [0.25, 0.3) is 22.3 Å². The first kappa shape index (κ1) is 34.4. The summed E-state index contributed by atoms with van der Waals surface area (Å²) in [5, 5.41) is 3.23. The highest BCUT2D eigenvalue weighted by Gasteiger charge is 2.56. The van der Waals surface area contributed by atoms with E-state index in [1.54, 1.807) is 18.6 Å². The van der Waals surface area contributed by atoms with Crippen LogP contribution in [-0.2, 0) is 19.7 Å². The standard InChI is InChI=1S/C41H49FN8O3/c1-25(2)49-24-44-33-21-32(46-37(36(33)49)45-31-9-13-43-22-30(31)42)26-7-8-29-34(18-26)50(28-19-27(20-28)48-14-10-40(3,4)23-48)39(52)41(29)11-15-47(16-12-41)38(51)35-6-5-17-53-35/h7-9,13,18,21-22,24-25,27-28,35H,5-6,10-12,14-17,19-20,23H2,1-4H3,(H,43,45,46)/t27?,28?,35-/m1/s1. The highest BCUT2D eigenvalue weighted by Crippen LogP contribution is 2.52. The minimum atomic E-state index is -0.680. The van der Waals surface area contributed by atoms with Gasteiger partial charge in [-0.05, 0) is 94.5 Å². The Labute approximate surface area is 309 Å². The fourth-order valence-electron chi connectivity index (χ4n) is 9.51. The number of rotatable bonds is 7. The highest BCUT2D eigenvalue weighted by atomic mass is 19.1. The van der Waals surface area contributed by atoms with Crippen molar-refractivity contribution in [1.82, 2.24) is 29.3 Å². The molecule has 53 heavy (non-hydrogen) atoms. The molecular formula is C41H49FN8O3. The van der Waals surface area contributed by atoms with Crippen LogP contribution in [0, 0.1) is 11.2 Å². The molecule has 278 valence electrons. The van der Waals surface area contributed by atoms with Gasteiger partial charge in [-0.2, -0.15) is 0 Å². The Morgan fingerprint density at radius 1 is 1.06 bits per heavy atom. The fraction of sp³-hybridized carbons (Fsp3) is 0.537. The molecule has 0 radical (unpaired) electrons. The third-order valence-corrected chi connectivity index (χ3v) is 12.6. The maximum Gasteiger partial charge on any atom is 0.251 e. The number of aromatic nitrogens is 4. The van der Waals surface area contributed by atoms with E-state index in [1.165, 1.54) is 12.6 Å². The number of nitrogens with one attached hydrogen (secondary N) is 1. The van der Waals surface area contributed by atoms with Crippen LogP contribution in [0.3, 0.4) is 0 Å². The Morgan fingerprint density at radius 3 is 2.57 bits per heavy atom. The lowest BCUT2D eigenvalue weighted by atomic mass is 9.73. The number of carbonyl (C=O) groups excluding carboxylic acids is 2. The second kappa shape index (κ2) is 12.9. The van der Waals surface area contributed by atoms with Gasteiger partial charge in [0.1, 0.15) is 11.6 Å². The lowest BCUT2D eigenvalue weighted by Crippen LogP contribution is -2.58. The molecule has 7 heterocycles. The number of amides is 2. The average molecular weight is 721 g/mol. The third kappa shape index (κ3) is 5.80. The van der Waals surface area contributed by atoms with Gasteiger partial charge in [0.05, 0.1) is 34.8 Å². The Hall–Kier alpha value is -4.42. The second-order valence-corrected chi connectivity index (χ2v) is 16.9. The first-order valence-corrected chi connectivity index (χ1v) is 19.4. The van der Waals surface area contributed by atoms with Gasteiger partial charge in [0.15, 0.2) is 11.6 Å². The van der Waals surface area contributed by atoms with Crippen LogP contribution in [0.15, 0.2) is 49.1 Å². The van der Waals surface area contributed by atoms with Gasteiger partial charge in [0.2, 0.25) is 5.91 Å². The summed E-state index contributed by atoms with van der Waals surface area (Å²) < 4.78 is 22.6. The number of benzene rings is 1. The number of fused-ring (bicyclic) bond motifs is 3. The number of anilines is 3. The van der Waals surface area contributed by atoms with Crippen molar-refractivity contribution < 1.29 is 18.7 Å². The second-order valence-electron chi connectivity index (χ2n) is 16.9. The molecule has 1 aromatic carbocycles. The van der Waals surface area contributed by atoms with Crippen LogP contribution in [0.4, 0.5) is 21.6 Å². The van der Waals surface area contributed by atoms with Crippen LogP contribution in [0.1, 0.15) is 84.2 Å². The molecule has 4 aliphatic heterocycles. The van der Waals surface area contributed by atoms with Gasteiger partial charge in [-0.1, -0.05) is 26.0 Å². The van der Waals surface area contributed by atoms with E-state index < -0.39 is 11.2 Å². The average Bonchev–Trinajstić information content (AvgIpc) is 3.93. The number of ether oxygens (including phenoxy) is 1. The van der Waals surface area contributed by atoms with Crippen LogP contribution in [0.2, 0.25) is 0 Å². The molecule has 2 amide bonds. The van der Waals surface area contributed by atoms with E-state index in [2.05, 4.69) is 66.0 Å². The Balaban J connectivity index is 1.08. The highest BCUT2D eigenvalue weighted by molar-refractivity contribution is 6.09. The number of hydrogen-bond donors (Lipinski definition) is 1. The number of nitrogens with zero attached hydrogens (tertiary/aromatic N) is 7. The maximum atomic E-state index is 14.9. The largest absolute Gasteiger partial charge is 0.368 e. The molecule has 3 saturated heterocycles. The lowest BCUT2D eigenvalue weighted by Gasteiger charge is -2.46. The van der Waals surface area contributed by atoms with Gasteiger partial charge in [0.25, 0.3) is 5.91 Å². The molecule has 12 heteroatoms. The fourth-order valence-corrected chi connectivity index (χ4v) is 9.51. The summed E-state index contributed by atoms with van der Waals surface area (Å²) in [5.74, 6) is 0.245. The molecule has 1 atom stereocenters. The van der Waals surface area contributed by atoms with E-state index in [-0.39, 0.29) is 35.7 Å². The summed E-state index contributed by atoms with van der Waals surface area (Å²) in [4.78, 5) is 48.6. The Kier molecular flexibility index (Phi) is 8.34. The summed E-state index contributed by atoms with van der Waals surface area (Å²) in [6.45, 7) is 12.7. The zero-order valence-electron chi connectivity index (χ0n) is 31.1. The van der Waals surface area contributed by atoms with Crippen molar-refractivity contribution in [2.24, 2.45) is 5.41 Å². The minimum Gasteiger partial charge on any atom is -0.368 e. The van der Waals surface area contributed by atoms with Crippen molar-refractivity contribution in [2.45, 2.75) is 102 Å². The van der Waals surface area contributed by atoms with E-state index in [4.69, 9.17) is 14.7 Å². The van der Waals surface area contributed by atoms with E-state index >= 15 is 0 Å². The van der Waals surface area contributed by atoms with Crippen LogP contribution >= 0.6 is 0 Å². The molecular weight excluding hydrogens is 672 g/mol. The number of hydrogen-bond acceptors (Lipinski definition) is 8. The molecule has 1 saturated carbocycles. The summed E-state index contributed by atoms with van der Waals surface area (Å²) in [6.07, 6.45) is 10.1. The van der Waals surface area contributed by atoms with Crippen molar-refractivity contribution in [3.63, 3.8) is 0 Å². The number of carbonyl (C=O) groups is 2. The molecule has 9 rings (SSSR count). The Morgan fingerprint density at radius 2 is 1.87 bits per heavy atom. The van der Waals surface area contributed by atoms with E-state index in [0.29, 0.717) is 55.5 Å². The minimum absolute atomic E-state index is 0.0584. The van der Waals surface area contributed by atoms with Crippen LogP contribution < -0.4 is 10.2 Å². The van der Waals surface area contributed by atoms with Gasteiger partial charge >= 0.3 is 0 Å². The predicted molar refractivity (Wildman–Crippen MR) is 202 cm³/mol. The molecule has 4 fully saturated rings. The summed E-state index contributed by atoms with van der Waals surface area (Å²) in [6, 6.07) is 10.6. The molecule has 1 N–H and O–H groups in total. The number of halogens is 1. The topological polar surface area (TPSA) is 109 Å². The monoisotopic (exact) mass is 720 g/mol. The smallest absolute Gasteiger partial charge is 0.251 e. The van der Waals surface area contributed by atoms with Gasteiger partial charge < -0.3 is 24.4 Å². The predicted octanol–water partition coefficient (Wildman–Crippen LogP) is 6.61. The molecule has 1 aliphatic carbocycles. The van der Waals surface area contributed by atoms with Crippen molar-refractivity contribution in [3.8, 4) is 11.3 Å². The summed E-state index contributed by atoms with van der Waals surface area (Å²) in [7, 11) is 0. The van der Waals surface area contributed by atoms with Crippen molar-refractivity contribution in [1.29, 1.82) is 0 Å². The molecule has 11 nitrogen and oxygen atoms in total. The molecule has 0 unspecified atom stereocenters. The van der Waals surface area contributed by atoms with Gasteiger partial charge in [-0.3, -0.25) is 19.5 Å². The first-order chi connectivity index (χ1) is 25.5. The zero-order chi connectivity index (χ0) is 36.6. The number of pyridine rings is 2. The molecule has 5 aliphatic rings. The molecule has 4 aromatic rings. The van der Waals surface area contributed by atoms with Crippen LogP contribution in [-0.4, -0.2) is 92.1 Å². The normalized spacial score (nSPS) is 25.1. The van der Waals surface area contributed by atoms with E-state index in [9.17, 15) is 14.0 Å². The lowest BCUT2D eigenvalue weighted by molar-refractivity contribution is -0.144. The number of imidazole rings is 1. The number of likely N-dealkylation sites (tertiary alicyclic amines) is 2. The van der Waals surface area contributed by atoms with Crippen LogP contribution in [0.5, 0.6) is 0 Å². The Bertz CT molecular complexity index is 2080. The van der Waals surface area contributed by atoms with Gasteiger partial charge in [-0.25, -0.2) is 14.4 Å². The SMILES string of the molecule is CC(C)n1cnc2cc(-c3ccc4c(c3)N(C3CC(N5CCC(C)(C)C5)C3)C(=O)C43CCN(C(=O)[C@H]4CCCO4)CC3)nc(Nc3ccncc3F)c21. The molecule has 0 bridgehead atoms. The van der Waals surface area contributed by atoms with Gasteiger partial charge in [0, 0.05) is 61.8 Å². The van der Waals surface area contributed by atoms with Gasteiger partial charge in [-0.15, -0.1) is 0 Å². The maximum absolute atomic E-state index is 14.9. The van der Waals surface area contributed by atoms with E-state index in [0.717, 1.165) is 66.6 Å². The summed E-state index contributed by atoms with van der Waals surface area (Å²) >= 11 is 0. The quantitative estimate of drug-likeness (QED) is 0.228. The molecule has 3 aromatic heterocycles. The third-order valence-electron chi connectivity index (χ3n) is 12.6. The number of piperidine rings is 1. The molecule has 1 spiro atoms. The first-order valence-electron chi connectivity index (χ1n) is 19.4. The van der Waals surface area contributed by atoms with Crippen molar-refractivity contribution in [2.75, 3.05) is 43.0 Å². The van der Waals surface area contributed by atoms with Crippen molar-refractivity contribution >= 4 is 40.0 Å².